The molecule has 0 spiro atoms. The first-order chi connectivity index (χ1) is 12.4. The second-order valence-corrected chi connectivity index (χ2v) is 7.39. The molecular formula is C17H20FN5O2S. The monoisotopic (exact) mass is 377 g/mol. The number of urea groups is 1. The third-order valence-electron chi connectivity index (χ3n) is 4.08. The molecule has 3 rings (SSSR count). The summed E-state index contributed by atoms with van der Waals surface area (Å²) in [5, 5.41) is 14.7. The Labute approximate surface area is 154 Å². The van der Waals surface area contributed by atoms with E-state index in [1.165, 1.54) is 40.5 Å². The molecule has 3 amide bonds. The maximum atomic E-state index is 13.0. The average Bonchev–Trinajstić information content (AvgIpc) is 3.26. The number of nitrogens with one attached hydrogen (secondary N) is 2. The van der Waals surface area contributed by atoms with Crippen molar-refractivity contribution in [3.05, 3.63) is 35.1 Å². The molecule has 1 aromatic heterocycles. The van der Waals surface area contributed by atoms with Crippen LogP contribution in [-0.4, -0.2) is 39.6 Å². The Morgan fingerprint density at radius 2 is 1.96 bits per heavy atom. The van der Waals surface area contributed by atoms with Crippen LogP contribution < -0.4 is 10.6 Å². The summed E-state index contributed by atoms with van der Waals surface area (Å²) in [6.45, 7) is 4.49. The number of hydrogen-bond acceptors (Lipinski definition) is 5. The van der Waals surface area contributed by atoms with Crippen molar-refractivity contribution in [3.8, 4) is 0 Å². The minimum Gasteiger partial charge on any atom is -0.312 e. The van der Waals surface area contributed by atoms with Gasteiger partial charge in [-0.25, -0.2) is 9.18 Å². The van der Waals surface area contributed by atoms with E-state index in [2.05, 4.69) is 20.8 Å². The first kappa shape index (κ1) is 18.2. The number of rotatable bonds is 4. The van der Waals surface area contributed by atoms with Crippen LogP contribution in [0.4, 0.5) is 20.0 Å². The number of likely N-dealkylation sites (tertiary alicyclic amines) is 1. The number of carbonyl (C=O) groups excluding carboxylic acids is 2. The Morgan fingerprint density at radius 1 is 1.23 bits per heavy atom. The van der Waals surface area contributed by atoms with Gasteiger partial charge in [-0.15, -0.1) is 10.2 Å². The highest BCUT2D eigenvalue weighted by atomic mass is 32.1. The Hall–Kier alpha value is -2.55. The molecule has 2 heterocycles. The standard InChI is InChI=1S/C17H20FN5O2S/c1-10(2)15-21-22-16(26-15)20-14(24)13-4-3-9-23(13)17(25)19-12-7-5-11(18)6-8-12/h5-8,10,13H,3-4,9H2,1-2H3,(H,19,25)(H,20,22,24)/t13-/m0/s1. The highest BCUT2D eigenvalue weighted by Gasteiger charge is 2.34. The largest absolute Gasteiger partial charge is 0.322 e. The fourth-order valence-electron chi connectivity index (χ4n) is 2.72. The Balaban J connectivity index is 1.63. The number of carbonyl (C=O) groups is 2. The first-order valence-corrected chi connectivity index (χ1v) is 9.23. The molecule has 26 heavy (non-hydrogen) atoms. The van der Waals surface area contributed by atoms with Gasteiger partial charge >= 0.3 is 6.03 Å². The van der Waals surface area contributed by atoms with Gasteiger partial charge in [0.05, 0.1) is 0 Å². The van der Waals surface area contributed by atoms with Gasteiger partial charge in [0, 0.05) is 18.2 Å². The zero-order valence-corrected chi connectivity index (χ0v) is 15.3. The van der Waals surface area contributed by atoms with Crippen LogP contribution in [0, 0.1) is 5.82 Å². The van der Waals surface area contributed by atoms with Gasteiger partial charge < -0.3 is 10.2 Å². The van der Waals surface area contributed by atoms with Crippen molar-refractivity contribution >= 4 is 34.1 Å². The summed E-state index contributed by atoms with van der Waals surface area (Å²) in [6, 6.07) is 4.55. The van der Waals surface area contributed by atoms with Crippen molar-refractivity contribution in [2.45, 2.75) is 38.6 Å². The van der Waals surface area contributed by atoms with Gasteiger partial charge in [-0.1, -0.05) is 25.2 Å². The van der Waals surface area contributed by atoms with Gasteiger partial charge in [0.15, 0.2) is 0 Å². The molecule has 2 aromatic rings. The van der Waals surface area contributed by atoms with Crippen molar-refractivity contribution in [2.75, 3.05) is 17.2 Å². The number of aromatic nitrogens is 2. The molecule has 0 radical (unpaired) electrons. The van der Waals surface area contributed by atoms with Gasteiger partial charge in [-0.05, 0) is 37.1 Å². The SMILES string of the molecule is CC(C)c1nnc(NC(=O)[C@@H]2CCCN2C(=O)Nc2ccc(F)cc2)s1. The van der Waals surface area contributed by atoms with E-state index in [-0.39, 0.29) is 23.7 Å². The summed E-state index contributed by atoms with van der Waals surface area (Å²) in [7, 11) is 0. The van der Waals surface area contributed by atoms with Crippen molar-refractivity contribution < 1.29 is 14.0 Å². The van der Waals surface area contributed by atoms with E-state index in [0.29, 0.717) is 23.8 Å². The van der Waals surface area contributed by atoms with Crippen molar-refractivity contribution in [1.82, 2.24) is 15.1 Å². The fraction of sp³-hybridized carbons (Fsp3) is 0.412. The van der Waals surface area contributed by atoms with E-state index in [0.717, 1.165) is 11.4 Å². The third kappa shape index (κ3) is 4.16. The Kier molecular flexibility index (Phi) is 5.46. The lowest BCUT2D eigenvalue weighted by molar-refractivity contribution is -0.119. The molecule has 0 bridgehead atoms. The predicted molar refractivity (Wildman–Crippen MR) is 97.8 cm³/mol. The molecule has 1 atom stereocenters. The summed E-state index contributed by atoms with van der Waals surface area (Å²) in [5.41, 5.74) is 0.480. The minimum absolute atomic E-state index is 0.239. The number of hydrogen-bond donors (Lipinski definition) is 2. The van der Waals surface area contributed by atoms with Gasteiger partial charge in [0.2, 0.25) is 11.0 Å². The summed E-state index contributed by atoms with van der Waals surface area (Å²) < 4.78 is 13.0. The molecule has 138 valence electrons. The average molecular weight is 377 g/mol. The highest BCUT2D eigenvalue weighted by Crippen LogP contribution is 2.25. The lowest BCUT2D eigenvalue weighted by atomic mass is 10.2. The number of nitrogens with zero attached hydrogens (tertiary/aromatic N) is 3. The fourth-order valence-corrected chi connectivity index (χ4v) is 3.47. The van der Waals surface area contributed by atoms with E-state index in [1.54, 1.807) is 0 Å². The van der Waals surface area contributed by atoms with Crippen molar-refractivity contribution in [3.63, 3.8) is 0 Å². The van der Waals surface area contributed by atoms with Gasteiger partial charge in [-0.2, -0.15) is 0 Å². The molecule has 1 fully saturated rings. The van der Waals surface area contributed by atoms with Crippen LogP contribution in [0.1, 0.15) is 37.6 Å². The summed E-state index contributed by atoms with van der Waals surface area (Å²) in [6.07, 6.45) is 1.32. The molecule has 1 saturated heterocycles. The molecule has 2 N–H and O–H groups in total. The maximum Gasteiger partial charge on any atom is 0.322 e. The maximum absolute atomic E-state index is 13.0. The molecule has 7 nitrogen and oxygen atoms in total. The molecule has 0 aliphatic carbocycles. The van der Waals surface area contributed by atoms with Crippen LogP contribution in [-0.2, 0) is 4.79 Å². The molecule has 1 aliphatic heterocycles. The lowest BCUT2D eigenvalue weighted by Gasteiger charge is -2.23. The van der Waals surface area contributed by atoms with Crippen molar-refractivity contribution in [1.29, 1.82) is 0 Å². The van der Waals surface area contributed by atoms with E-state index in [9.17, 15) is 14.0 Å². The second-order valence-electron chi connectivity index (χ2n) is 6.38. The van der Waals surface area contributed by atoms with Crippen LogP contribution in [0.2, 0.25) is 0 Å². The summed E-state index contributed by atoms with van der Waals surface area (Å²) in [4.78, 5) is 26.5. The summed E-state index contributed by atoms with van der Waals surface area (Å²) >= 11 is 1.33. The molecular weight excluding hydrogens is 357 g/mol. The normalized spacial score (nSPS) is 16.8. The predicted octanol–water partition coefficient (Wildman–Crippen LogP) is 3.44. The summed E-state index contributed by atoms with van der Waals surface area (Å²) in [5.74, 6) is -0.412. The molecule has 1 aliphatic rings. The van der Waals surface area contributed by atoms with Crippen LogP contribution >= 0.6 is 11.3 Å². The number of benzene rings is 1. The number of amides is 3. The lowest BCUT2D eigenvalue weighted by Crippen LogP contribution is -2.45. The third-order valence-corrected chi connectivity index (χ3v) is 5.22. The van der Waals surface area contributed by atoms with Crippen LogP contribution in [0.25, 0.3) is 0 Å². The minimum atomic E-state index is -0.568. The van der Waals surface area contributed by atoms with E-state index in [4.69, 9.17) is 0 Å². The van der Waals surface area contributed by atoms with Crippen molar-refractivity contribution in [2.24, 2.45) is 0 Å². The Morgan fingerprint density at radius 3 is 2.62 bits per heavy atom. The first-order valence-electron chi connectivity index (χ1n) is 8.41. The van der Waals surface area contributed by atoms with Crippen LogP contribution in [0.3, 0.4) is 0 Å². The smallest absolute Gasteiger partial charge is 0.312 e. The zero-order valence-electron chi connectivity index (χ0n) is 14.5. The second kappa shape index (κ2) is 7.77. The molecule has 9 heteroatoms. The van der Waals surface area contributed by atoms with E-state index >= 15 is 0 Å². The number of anilines is 2. The van der Waals surface area contributed by atoms with E-state index in [1.807, 2.05) is 13.8 Å². The molecule has 0 unspecified atom stereocenters. The topological polar surface area (TPSA) is 87.2 Å². The number of halogens is 1. The van der Waals surface area contributed by atoms with Gasteiger partial charge in [0.25, 0.3) is 0 Å². The highest BCUT2D eigenvalue weighted by molar-refractivity contribution is 7.15. The van der Waals surface area contributed by atoms with Gasteiger partial charge in [0.1, 0.15) is 16.9 Å². The quantitative estimate of drug-likeness (QED) is 0.854. The van der Waals surface area contributed by atoms with Crippen LogP contribution in [0.5, 0.6) is 0 Å². The van der Waals surface area contributed by atoms with E-state index < -0.39 is 6.04 Å². The molecule has 1 aromatic carbocycles. The zero-order chi connectivity index (χ0) is 18.7. The molecule has 0 saturated carbocycles. The van der Waals surface area contributed by atoms with Gasteiger partial charge in [-0.3, -0.25) is 10.1 Å². The Bertz CT molecular complexity index is 793. The van der Waals surface area contributed by atoms with Crippen LogP contribution in [0.15, 0.2) is 24.3 Å².